The zero-order valence-corrected chi connectivity index (χ0v) is 10.6. The first-order valence-corrected chi connectivity index (χ1v) is 5.99. The highest BCUT2D eigenvalue weighted by molar-refractivity contribution is 5.89. The minimum atomic E-state index is -1.01. The van der Waals surface area contributed by atoms with E-state index in [1.54, 1.807) is 0 Å². The molecule has 4 heteroatoms. The van der Waals surface area contributed by atoms with Crippen molar-refractivity contribution in [2.24, 2.45) is 0 Å². The quantitative estimate of drug-likeness (QED) is 0.824. The van der Waals surface area contributed by atoms with Gasteiger partial charge in [-0.25, -0.2) is 4.79 Å². The van der Waals surface area contributed by atoms with Gasteiger partial charge in [-0.15, -0.1) is 0 Å². The number of ether oxygens (including phenoxy) is 1. The zero-order valence-electron chi connectivity index (χ0n) is 10.6. The summed E-state index contributed by atoms with van der Waals surface area (Å²) in [5.41, 5.74) is 7.49. The van der Waals surface area contributed by atoms with E-state index in [-0.39, 0.29) is 5.56 Å². The predicted molar refractivity (Wildman–Crippen MR) is 73.7 cm³/mol. The fourth-order valence-electron chi connectivity index (χ4n) is 1.71. The number of carboxylic acid groups (broad SMARTS) is 1. The lowest BCUT2D eigenvalue weighted by molar-refractivity contribution is 0.0696. The first kappa shape index (κ1) is 13.0. The molecule has 0 bridgehead atoms. The van der Waals surface area contributed by atoms with Crippen LogP contribution in [0.1, 0.15) is 22.8 Å². The molecule has 2 aromatic rings. The molecule has 0 atom stereocenters. The second-order valence-corrected chi connectivity index (χ2v) is 4.16. The zero-order chi connectivity index (χ0) is 13.8. The van der Waals surface area contributed by atoms with Crippen LogP contribution in [0.15, 0.2) is 42.5 Å². The Hall–Kier alpha value is -2.49. The summed E-state index contributed by atoms with van der Waals surface area (Å²) in [4.78, 5) is 10.9. The molecule has 0 aliphatic carbocycles. The highest BCUT2D eigenvalue weighted by Gasteiger charge is 2.08. The third kappa shape index (κ3) is 3.04. The van der Waals surface area contributed by atoms with Gasteiger partial charge in [0.25, 0.3) is 0 Å². The number of aryl methyl sites for hydroxylation is 1. The van der Waals surface area contributed by atoms with Gasteiger partial charge in [-0.1, -0.05) is 19.1 Å². The summed E-state index contributed by atoms with van der Waals surface area (Å²) in [5.74, 6) is -0.00565. The van der Waals surface area contributed by atoms with E-state index < -0.39 is 5.97 Å². The number of rotatable bonds is 4. The molecule has 0 unspecified atom stereocenters. The van der Waals surface area contributed by atoms with Gasteiger partial charge in [0, 0.05) is 0 Å². The normalized spacial score (nSPS) is 10.2. The molecular weight excluding hydrogens is 242 g/mol. The Kier molecular flexibility index (Phi) is 3.71. The second-order valence-electron chi connectivity index (χ2n) is 4.16. The van der Waals surface area contributed by atoms with Crippen LogP contribution in [-0.2, 0) is 6.42 Å². The smallest absolute Gasteiger partial charge is 0.335 e. The van der Waals surface area contributed by atoms with E-state index in [1.807, 2.05) is 24.3 Å². The van der Waals surface area contributed by atoms with Crippen molar-refractivity contribution in [3.63, 3.8) is 0 Å². The van der Waals surface area contributed by atoms with Crippen LogP contribution in [0.4, 0.5) is 5.69 Å². The van der Waals surface area contributed by atoms with Gasteiger partial charge < -0.3 is 15.6 Å². The second kappa shape index (κ2) is 5.44. The molecule has 0 saturated carbocycles. The van der Waals surface area contributed by atoms with E-state index in [2.05, 4.69) is 6.92 Å². The molecule has 0 spiro atoms. The maximum absolute atomic E-state index is 10.9. The minimum Gasteiger partial charge on any atom is -0.478 e. The topological polar surface area (TPSA) is 72.5 Å². The summed E-state index contributed by atoms with van der Waals surface area (Å²) in [5, 5.41) is 8.95. The van der Waals surface area contributed by atoms with Crippen molar-refractivity contribution in [2.75, 3.05) is 5.73 Å². The first-order chi connectivity index (χ1) is 9.10. The number of carboxylic acids is 1. The largest absolute Gasteiger partial charge is 0.478 e. The van der Waals surface area contributed by atoms with Crippen LogP contribution in [0.5, 0.6) is 11.5 Å². The van der Waals surface area contributed by atoms with Crippen molar-refractivity contribution in [2.45, 2.75) is 13.3 Å². The summed E-state index contributed by atoms with van der Waals surface area (Å²) in [6.45, 7) is 2.05. The van der Waals surface area contributed by atoms with Crippen molar-refractivity contribution in [3.8, 4) is 11.5 Å². The van der Waals surface area contributed by atoms with Crippen molar-refractivity contribution >= 4 is 11.7 Å². The van der Waals surface area contributed by atoms with Gasteiger partial charge in [0.2, 0.25) is 0 Å². The molecule has 0 saturated heterocycles. The van der Waals surface area contributed by atoms with Crippen molar-refractivity contribution in [3.05, 3.63) is 53.6 Å². The fraction of sp³-hybridized carbons (Fsp3) is 0.133. The number of nitrogen functional groups attached to an aromatic ring is 1. The van der Waals surface area contributed by atoms with Crippen LogP contribution >= 0.6 is 0 Å². The lowest BCUT2D eigenvalue weighted by Gasteiger charge is -2.10. The Bertz CT molecular complexity index is 608. The van der Waals surface area contributed by atoms with Crippen molar-refractivity contribution in [1.29, 1.82) is 0 Å². The highest BCUT2D eigenvalue weighted by atomic mass is 16.5. The van der Waals surface area contributed by atoms with Gasteiger partial charge in [-0.05, 0) is 42.3 Å². The lowest BCUT2D eigenvalue weighted by Crippen LogP contribution is -1.99. The molecule has 0 fully saturated rings. The van der Waals surface area contributed by atoms with E-state index in [4.69, 9.17) is 15.6 Å². The van der Waals surface area contributed by atoms with Gasteiger partial charge in [0.15, 0.2) is 5.75 Å². The molecule has 0 radical (unpaired) electrons. The average molecular weight is 257 g/mol. The molecule has 0 heterocycles. The molecule has 2 aromatic carbocycles. The molecule has 0 amide bonds. The number of hydrogen-bond acceptors (Lipinski definition) is 3. The summed E-state index contributed by atoms with van der Waals surface area (Å²) >= 11 is 0. The summed E-state index contributed by atoms with van der Waals surface area (Å²) in [6, 6.07) is 12.0. The molecule has 0 aliphatic heterocycles. The summed E-state index contributed by atoms with van der Waals surface area (Å²) in [7, 11) is 0. The number of anilines is 1. The van der Waals surface area contributed by atoms with Crippen LogP contribution in [0.3, 0.4) is 0 Å². The van der Waals surface area contributed by atoms with Gasteiger partial charge in [-0.3, -0.25) is 0 Å². The van der Waals surface area contributed by atoms with E-state index in [1.165, 1.54) is 18.2 Å². The Morgan fingerprint density at radius 2 is 2.05 bits per heavy atom. The molecular formula is C15H15NO3. The predicted octanol–water partition coefficient (Wildman–Crippen LogP) is 3.32. The van der Waals surface area contributed by atoms with Gasteiger partial charge in [0.05, 0.1) is 11.3 Å². The molecule has 19 heavy (non-hydrogen) atoms. The van der Waals surface area contributed by atoms with E-state index in [9.17, 15) is 4.79 Å². The maximum Gasteiger partial charge on any atom is 0.335 e. The number of benzene rings is 2. The van der Waals surface area contributed by atoms with E-state index >= 15 is 0 Å². The van der Waals surface area contributed by atoms with Crippen LogP contribution in [-0.4, -0.2) is 11.1 Å². The minimum absolute atomic E-state index is 0.149. The highest BCUT2D eigenvalue weighted by Crippen LogP contribution is 2.29. The number of carbonyl (C=O) groups is 1. The van der Waals surface area contributed by atoms with Crippen molar-refractivity contribution in [1.82, 2.24) is 0 Å². The molecule has 3 N–H and O–H groups in total. The van der Waals surface area contributed by atoms with Crippen LogP contribution < -0.4 is 10.5 Å². The Morgan fingerprint density at radius 1 is 1.26 bits per heavy atom. The number of nitrogens with two attached hydrogens (primary N) is 1. The van der Waals surface area contributed by atoms with Crippen LogP contribution in [0, 0.1) is 0 Å². The van der Waals surface area contributed by atoms with E-state index in [0.717, 1.165) is 12.0 Å². The standard InChI is InChI=1S/C15H15NO3/c1-2-10-4-3-5-12(8-10)19-14-9-11(15(17)18)6-7-13(14)16/h3-9H,2,16H2,1H3,(H,17,18). The molecule has 4 nitrogen and oxygen atoms in total. The molecule has 2 rings (SSSR count). The fourth-order valence-corrected chi connectivity index (χ4v) is 1.71. The van der Waals surface area contributed by atoms with Crippen LogP contribution in [0.25, 0.3) is 0 Å². The Balaban J connectivity index is 2.31. The SMILES string of the molecule is CCc1cccc(Oc2cc(C(=O)O)ccc2N)c1. The first-order valence-electron chi connectivity index (χ1n) is 5.99. The molecule has 98 valence electrons. The molecule has 0 aliphatic rings. The maximum atomic E-state index is 10.9. The van der Waals surface area contributed by atoms with E-state index in [0.29, 0.717) is 17.2 Å². The third-order valence-corrected chi connectivity index (χ3v) is 2.80. The average Bonchev–Trinajstić information content (AvgIpc) is 2.41. The van der Waals surface area contributed by atoms with Gasteiger partial charge >= 0.3 is 5.97 Å². The third-order valence-electron chi connectivity index (χ3n) is 2.80. The van der Waals surface area contributed by atoms with Crippen LogP contribution in [0.2, 0.25) is 0 Å². The number of aromatic carboxylic acids is 1. The number of hydrogen-bond donors (Lipinski definition) is 2. The Labute approximate surface area is 111 Å². The lowest BCUT2D eigenvalue weighted by atomic mass is 10.1. The van der Waals surface area contributed by atoms with Crippen molar-refractivity contribution < 1.29 is 14.6 Å². The molecule has 0 aromatic heterocycles. The summed E-state index contributed by atoms with van der Waals surface area (Å²) < 4.78 is 5.65. The van der Waals surface area contributed by atoms with Gasteiger partial charge in [-0.2, -0.15) is 0 Å². The van der Waals surface area contributed by atoms with Gasteiger partial charge in [0.1, 0.15) is 5.75 Å². The Morgan fingerprint density at radius 3 is 2.74 bits per heavy atom. The monoisotopic (exact) mass is 257 g/mol. The summed E-state index contributed by atoms with van der Waals surface area (Å²) in [6.07, 6.45) is 0.905.